The van der Waals surface area contributed by atoms with Crippen LogP contribution in [0.5, 0.6) is 11.5 Å². The fourth-order valence-electron chi connectivity index (χ4n) is 7.04. The van der Waals surface area contributed by atoms with E-state index in [-0.39, 0.29) is 16.7 Å². The standard InChI is InChI=1S/C47H48N4O2/c1-46(2,3)31-26-33(37-18-12-14-24-48-37)44(52-7)35(28-31)39-20-22-41(50-39)43(30-16-10-9-11-17-30)42-23-21-40(51-42)36-29-32(47(4,5)6)27-34(45(36)53-8)38-19-13-15-25-49-38/h9-29,43,50-51H,1-8H3. The molecule has 3 aromatic carbocycles. The Morgan fingerprint density at radius 1 is 0.491 bits per heavy atom. The molecule has 0 atom stereocenters. The number of pyridine rings is 2. The molecule has 0 saturated heterocycles. The van der Waals surface area contributed by atoms with Gasteiger partial charge in [0, 0.05) is 57.4 Å². The predicted octanol–water partition coefficient (Wildman–Crippen LogP) is 11.6. The Bertz CT molecular complexity index is 2180. The van der Waals surface area contributed by atoms with Crippen molar-refractivity contribution in [2.75, 3.05) is 14.2 Å². The molecule has 0 fully saturated rings. The summed E-state index contributed by atoms with van der Waals surface area (Å²) in [5.74, 6) is 1.48. The summed E-state index contributed by atoms with van der Waals surface area (Å²) in [5, 5.41) is 0. The highest BCUT2D eigenvalue weighted by Crippen LogP contribution is 2.45. The first-order chi connectivity index (χ1) is 25.5. The number of nitrogens with one attached hydrogen (secondary N) is 2. The molecule has 0 saturated carbocycles. The van der Waals surface area contributed by atoms with Gasteiger partial charge in [0.05, 0.1) is 31.5 Å². The summed E-state index contributed by atoms with van der Waals surface area (Å²) in [6.45, 7) is 13.4. The maximum atomic E-state index is 6.16. The Hall–Kier alpha value is -5.88. The number of hydrogen-bond acceptors (Lipinski definition) is 4. The van der Waals surface area contributed by atoms with E-state index >= 15 is 0 Å². The van der Waals surface area contributed by atoms with Gasteiger partial charge in [0.2, 0.25) is 0 Å². The number of methoxy groups -OCH3 is 2. The van der Waals surface area contributed by atoms with E-state index in [1.165, 1.54) is 16.7 Å². The van der Waals surface area contributed by atoms with Crippen LogP contribution in [0.4, 0.5) is 0 Å². The molecule has 7 rings (SSSR count). The van der Waals surface area contributed by atoms with Crippen molar-refractivity contribution >= 4 is 0 Å². The minimum atomic E-state index is -0.0993. The molecule has 0 aliphatic heterocycles. The van der Waals surface area contributed by atoms with Gasteiger partial charge >= 0.3 is 0 Å². The molecule has 0 radical (unpaired) electrons. The largest absolute Gasteiger partial charge is 0.495 e. The number of aromatic amines is 2. The average molecular weight is 701 g/mol. The molecule has 0 amide bonds. The number of rotatable bonds is 9. The van der Waals surface area contributed by atoms with Gasteiger partial charge in [0.1, 0.15) is 11.5 Å². The van der Waals surface area contributed by atoms with Crippen LogP contribution in [0.15, 0.2) is 128 Å². The summed E-state index contributed by atoms with van der Waals surface area (Å²) in [6, 6.07) is 40.2. The van der Waals surface area contributed by atoms with E-state index in [1.807, 2.05) is 48.8 Å². The lowest BCUT2D eigenvalue weighted by atomic mass is 9.83. The first kappa shape index (κ1) is 35.5. The number of H-pyrrole nitrogens is 2. The first-order valence-electron chi connectivity index (χ1n) is 18.2. The molecule has 53 heavy (non-hydrogen) atoms. The van der Waals surface area contributed by atoms with Gasteiger partial charge in [0.15, 0.2) is 0 Å². The van der Waals surface area contributed by atoms with Crippen LogP contribution in [0.2, 0.25) is 0 Å². The van der Waals surface area contributed by atoms with Crippen LogP contribution >= 0.6 is 0 Å². The van der Waals surface area contributed by atoms with E-state index in [2.05, 4.69) is 130 Å². The Morgan fingerprint density at radius 2 is 0.906 bits per heavy atom. The lowest BCUT2D eigenvalue weighted by Crippen LogP contribution is -2.12. The highest BCUT2D eigenvalue weighted by Gasteiger charge is 2.27. The second kappa shape index (κ2) is 14.3. The molecular weight excluding hydrogens is 653 g/mol. The van der Waals surface area contributed by atoms with Crippen molar-refractivity contribution in [3.63, 3.8) is 0 Å². The molecule has 0 aliphatic rings. The SMILES string of the molecule is COc1c(-c2ccccn2)cc(C(C)(C)C)cc1-c1ccc(C(c2ccccc2)c2ccc(-c3cc(C(C)(C)C)cc(-c4ccccn4)c3OC)[nH]2)[nH]1. The second-order valence-electron chi connectivity index (χ2n) is 15.6. The highest BCUT2D eigenvalue weighted by atomic mass is 16.5. The molecule has 268 valence electrons. The van der Waals surface area contributed by atoms with Crippen molar-refractivity contribution < 1.29 is 9.47 Å². The van der Waals surface area contributed by atoms with Crippen molar-refractivity contribution in [2.45, 2.75) is 58.3 Å². The van der Waals surface area contributed by atoms with E-state index in [0.717, 1.165) is 67.9 Å². The average Bonchev–Trinajstić information content (AvgIpc) is 3.85. The van der Waals surface area contributed by atoms with Crippen molar-refractivity contribution in [2.24, 2.45) is 0 Å². The fourth-order valence-corrected chi connectivity index (χ4v) is 7.04. The van der Waals surface area contributed by atoms with E-state index in [1.54, 1.807) is 14.2 Å². The Labute approximate surface area is 313 Å². The van der Waals surface area contributed by atoms with Gasteiger partial charge < -0.3 is 19.4 Å². The molecule has 6 nitrogen and oxygen atoms in total. The van der Waals surface area contributed by atoms with Gasteiger partial charge in [0.25, 0.3) is 0 Å². The molecule has 4 heterocycles. The summed E-state index contributed by atoms with van der Waals surface area (Å²) < 4.78 is 12.3. The lowest BCUT2D eigenvalue weighted by molar-refractivity contribution is 0.417. The van der Waals surface area contributed by atoms with Crippen LogP contribution in [-0.2, 0) is 10.8 Å². The molecule has 0 aliphatic carbocycles. The molecule has 6 heteroatoms. The zero-order chi connectivity index (χ0) is 37.3. The van der Waals surface area contributed by atoms with E-state index in [0.29, 0.717) is 0 Å². The minimum Gasteiger partial charge on any atom is -0.495 e. The zero-order valence-corrected chi connectivity index (χ0v) is 31.9. The van der Waals surface area contributed by atoms with Crippen molar-refractivity contribution in [1.82, 2.24) is 19.9 Å². The van der Waals surface area contributed by atoms with Gasteiger partial charge in [-0.1, -0.05) is 84.0 Å². The van der Waals surface area contributed by atoms with Gasteiger partial charge in [-0.2, -0.15) is 0 Å². The van der Waals surface area contributed by atoms with E-state index in [9.17, 15) is 0 Å². The predicted molar refractivity (Wildman–Crippen MR) is 217 cm³/mol. The van der Waals surface area contributed by atoms with E-state index in [4.69, 9.17) is 19.4 Å². The molecule has 7 aromatic rings. The second-order valence-corrected chi connectivity index (χ2v) is 15.6. The van der Waals surface area contributed by atoms with Crippen LogP contribution in [0.3, 0.4) is 0 Å². The maximum absolute atomic E-state index is 6.16. The van der Waals surface area contributed by atoms with Gasteiger partial charge in [-0.25, -0.2) is 0 Å². The van der Waals surface area contributed by atoms with Gasteiger partial charge in [-0.3, -0.25) is 9.97 Å². The van der Waals surface area contributed by atoms with Crippen LogP contribution in [-0.4, -0.2) is 34.2 Å². The fraction of sp³-hybridized carbons (Fsp3) is 0.234. The number of aromatic nitrogens is 4. The van der Waals surface area contributed by atoms with Crippen molar-refractivity contribution in [3.8, 4) is 56.5 Å². The zero-order valence-electron chi connectivity index (χ0n) is 31.9. The first-order valence-corrected chi connectivity index (χ1v) is 18.2. The molecule has 0 unspecified atom stereocenters. The topological polar surface area (TPSA) is 75.8 Å². The van der Waals surface area contributed by atoms with Crippen LogP contribution in [0.1, 0.15) is 75.5 Å². The highest BCUT2D eigenvalue weighted by molar-refractivity contribution is 5.83. The number of hydrogen-bond donors (Lipinski definition) is 2. The normalized spacial score (nSPS) is 11.9. The smallest absolute Gasteiger partial charge is 0.137 e. The number of nitrogens with zero attached hydrogens (tertiary/aromatic N) is 2. The summed E-state index contributed by atoms with van der Waals surface area (Å²) in [6.07, 6.45) is 3.66. The van der Waals surface area contributed by atoms with Crippen LogP contribution in [0.25, 0.3) is 45.0 Å². The van der Waals surface area contributed by atoms with Crippen molar-refractivity contribution in [1.29, 1.82) is 0 Å². The quantitative estimate of drug-likeness (QED) is 0.157. The minimum absolute atomic E-state index is 0.0883. The van der Waals surface area contributed by atoms with E-state index < -0.39 is 0 Å². The molecule has 0 spiro atoms. The summed E-state index contributed by atoms with van der Waals surface area (Å²) >= 11 is 0. The molecule has 0 bridgehead atoms. The molecular formula is C47H48N4O2. The third-order valence-corrected chi connectivity index (χ3v) is 9.95. The summed E-state index contributed by atoms with van der Waals surface area (Å²) in [7, 11) is 3.47. The summed E-state index contributed by atoms with van der Waals surface area (Å²) in [4.78, 5) is 17.1. The Balaban J connectivity index is 1.37. The number of ether oxygens (including phenoxy) is 2. The van der Waals surface area contributed by atoms with Crippen LogP contribution < -0.4 is 9.47 Å². The summed E-state index contributed by atoms with van der Waals surface area (Å²) in [5.41, 5.74) is 13.2. The van der Waals surface area contributed by atoms with Crippen LogP contribution in [0, 0.1) is 0 Å². The number of benzene rings is 3. The van der Waals surface area contributed by atoms with Crippen molar-refractivity contribution in [3.05, 3.63) is 156 Å². The Morgan fingerprint density at radius 3 is 1.28 bits per heavy atom. The maximum Gasteiger partial charge on any atom is 0.137 e. The molecule has 2 N–H and O–H groups in total. The lowest BCUT2D eigenvalue weighted by Gasteiger charge is -2.23. The molecule has 4 aromatic heterocycles. The Kier molecular flexibility index (Phi) is 9.56. The van der Waals surface area contributed by atoms with Gasteiger partial charge in [-0.05, 0) is 100 Å². The third-order valence-electron chi connectivity index (χ3n) is 9.95. The van der Waals surface area contributed by atoms with Gasteiger partial charge in [-0.15, -0.1) is 0 Å². The monoisotopic (exact) mass is 700 g/mol. The third kappa shape index (κ3) is 7.14.